The van der Waals surface area contributed by atoms with Gasteiger partial charge in [-0.2, -0.15) is 13.2 Å². The summed E-state index contributed by atoms with van der Waals surface area (Å²) < 4.78 is 40.0. The van der Waals surface area contributed by atoms with E-state index in [1.54, 1.807) is 36.5 Å². The van der Waals surface area contributed by atoms with Gasteiger partial charge in [-0.15, -0.1) is 0 Å². The number of amides is 2. The molecule has 4 N–H and O–H groups in total. The molecule has 2 amide bonds. The maximum Gasteiger partial charge on any atom is 0.409 e. The fraction of sp³-hybridized carbons (Fsp3) is 0.150. The van der Waals surface area contributed by atoms with Crippen LogP contribution in [0.1, 0.15) is 5.56 Å². The molecule has 0 aliphatic heterocycles. The zero-order chi connectivity index (χ0) is 23.0. The monoisotopic (exact) mass is 444 g/mol. The van der Waals surface area contributed by atoms with Crippen molar-refractivity contribution in [3.05, 3.63) is 64.8 Å². The fourth-order valence-corrected chi connectivity index (χ4v) is 3.39. The highest BCUT2D eigenvalue weighted by molar-refractivity contribution is 6.00. The molecule has 0 saturated carbocycles. The zero-order valence-electron chi connectivity index (χ0n) is 16.2. The number of primary amides is 1. The first-order valence-electron chi connectivity index (χ1n) is 9.23. The van der Waals surface area contributed by atoms with Crippen molar-refractivity contribution in [2.24, 2.45) is 11.7 Å². The van der Waals surface area contributed by atoms with E-state index >= 15 is 0 Å². The Bertz CT molecular complexity index is 1410. The molecule has 0 aliphatic rings. The van der Waals surface area contributed by atoms with E-state index in [-0.39, 0.29) is 12.1 Å². The number of halogens is 3. The first-order valence-corrected chi connectivity index (χ1v) is 9.23. The number of aromatic amines is 1. The van der Waals surface area contributed by atoms with Gasteiger partial charge in [-0.25, -0.2) is 9.97 Å². The Morgan fingerprint density at radius 1 is 1.16 bits per heavy atom. The quantitative estimate of drug-likeness (QED) is 0.401. The number of hydrogen-bond acceptors (Lipinski definition) is 5. The van der Waals surface area contributed by atoms with E-state index in [1.165, 1.54) is 17.0 Å². The van der Waals surface area contributed by atoms with Crippen LogP contribution < -0.4 is 16.6 Å². The predicted octanol–water partition coefficient (Wildman–Crippen LogP) is 1.54. The molecule has 0 radical (unpaired) electrons. The molecule has 0 aliphatic carbocycles. The van der Waals surface area contributed by atoms with Gasteiger partial charge in [-0.3, -0.25) is 19.0 Å². The lowest BCUT2D eigenvalue weighted by Crippen LogP contribution is -2.46. The number of alkyl halides is 3. The first kappa shape index (κ1) is 21.0. The highest BCUT2D eigenvalue weighted by atomic mass is 19.4. The largest absolute Gasteiger partial charge is 0.409 e. The van der Waals surface area contributed by atoms with Gasteiger partial charge in [-0.1, -0.05) is 6.07 Å². The van der Waals surface area contributed by atoms with Crippen molar-refractivity contribution in [1.82, 2.24) is 24.8 Å². The van der Waals surface area contributed by atoms with E-state index < -0.39 is 23.9 Å². The molecular weight excluding hydrogens is 429 g/mol. The van der Waals surface area contributed by atoms with Crippen LogP contribution in [0.4, 0.5) is 13.2 Å². The Morgan fingerprint density at radius 3 is 2.66 bits per heavy atom. The van der Waals surface area contributed by atoms with Gasteiger partial charge in [0.25, 0.3) is 5.56 Å². The van der Waals surface area contributed by atoms with E-state index in [2.05, 4.69) is 20.3 Å². The third-order valence-corrected chi connectivity index (χ3v) is 4.84. The number of hydrogen-bond donors (Lipinski definition) is 3. The van der Waals surface area contributed by atoms with Crippen LogP contribution in [0.25, 0.3) is 27.8 Å². The van der Waals surface area contributed by atoms with E-state index in [4.69, 9.17) is 5.73 Å². The number of fused-ring (bicyclic) bond motifs is 2. The topological polar surface area (TPSA) is 136 Å². The Balaban J connectivity index is 1.67. The predicted molar refractivity (Wildman–Crippen MR) is 108 cm³/mol. The number of aromatic nitrogens is 4. The molecule has 4 aromatic rings. The first-order chi connectivity index (χ1) is 15.2. The number of rotatable bonds is 5. The average molecular weight is 444 g/mol. The number of nitrogens with two attached hydrogens (primary N) is 1. The van der Waals surface area contributed by atoms with Crippen LogP contribution in [0.5, 0.6) is 0 Å². The third kappa shape index (κ3) is 3.77. The minimum Gasteiger partial charge on any atom is -0.369 e. The molecule has 1 atom stereocenters. The highest BCUT2D eigenvalue weighted by Crippen LogP contribution is 2.26. The number of benzene rings is 1. The smallest absolute Gasteiger partial charge is 0.369 e. The van der Waals surface area contributed by atoms with E-state index in [0.29, 0.717) is 33.3 Å². The van der Waals surface area contributed by atoms with Crippen molar-refractivity contribution >= 4 is 33.8 Å². The van der Waals surface area contributed by atoms with Crippen LogP contribution in [0.3, 0.4) is 0 Å². The lowest BCUT2D eigenvalue weighted by Gasteiger charge is -2.17. The number of pyridine rings is 1. The SMILES string of the molecule is NC(=O)C(C(=O)NCc1ccc2c(ccc(=O)n2-c2ncnc3[nH]ccc23)c1)C(F)(F)F. The van der Waals surface area contributed by atoms with Gasteiger partial charge in [0, 0.05) is 18.8 Å². The Labute approximate surface area is 177 Å². The maximum absolute atomic E-state index is 12.9. The van der Waals surface area contributed by atoms with Gasteiger partial charge in [0.05, 0.1) is 10.9 Å². The molecule has 9 nitrogen and oxygen atoms in total. The van der Waals surface area contributed by atoms with Gasteiger partial charge in [-0.05, 0) is 35.2 Å². The summed E-state index contributed by atoms with van der Waals surface area (Å²) in [4.78, 5) is 46.8. The fourth-order valence-electron chi connectivity index (χ4n) is 3.39. The zero-order valence-corrected chi connectivity index (χ0v) is 16.2. The summed E-state index contributed by atoms with van der Waals surface area (Å²) in [5, 5.41) is 3.29. The summed E-state index contributed by atoms with van der Waals surface area (Å²) in [6.45, 7) is -0.274. The molecule has 12 heteroatoms. The van der Waals surface area contributed by atoms with Crippen LogP contribution in [0.15, 0.2) is 53.7 Å². The van der Waals surface area contributed by atoms with Crippen LogP contribution in [0, 0.1) is 5.92 Å². The third-order valence-electron chi connectivity index (χ3n) is 4.84. The Morgan fingerprint density at radius 2 is 1.94 bits per heavy atom. The normalized spacial score (nSPS) is 12.7. The summed E-state index contributed by atoms with van der Waals surface area (Å²) >= 11 is 0. The van der Waals surface area contributed by atoms with Crippen molar-refractivity contribution in [3.63, 3.8) is 0 Å². The molecule has 3 aromatic heterocycles. The molecule has 0 fully saturated rings. The molecule has 3 heterocycles. The number of H-pyrrole nitrogens is 1. The highest BCUT2D eigenvalue weighted by Gasteiger charge is 2.49. The van der Waals surface area contributed by atoms with Crippen molar-refractivity contribution in [2.75, 3.05) is 0 Å². The van der Waals surface area contributed by atoms with Gasteiger partial charge in [0.1, 0.15) is 12.0 Å². The van der Waals surface area contributed by atoms with Crippen molar-refractivity contribution in [1.29, 1.82) is 0 Å². The summed E-state index contributed by atoms with van der Waals surface area (Å²) in [6.07, 6.45) is -2.10. The molecule has 0 spiro atoms. The van der Waals surface area contributed by atoms with Crippen molar-refractivity contribution < 1.29 is 22.8 Å². The summed E-state index contributed by atoms with van der Waals surface area (Å²) in [7, 11) is 0. The minimum atomic E-state index is -5.09. The van der Waals surface area contributed by atoms with Crippen LogP contribution in [-0.4, -0.2) is 37.5 Å². The molecule has 1 aromatic carbocycles. The molecular formula is C20H15F3N6O3. The van der Waals surface area contributed by atoms with E-state index in [0.717, 1.165) is 0 Å². The summed E-state index contributed by atoms with van der Waals surface area (Å²) in [6, 6.07) is 9.35. The molecule has 4 rings (SSSR count). The molecule has 164 valence electrons. The van der Waals surface area contributed by atoms with Crippen LogP contribution in [-0.2, 0) is 16.1 Å². The van der Waals surface area contributed by atoms with Crippen LogP contribution >= 0.6 is 0 Å². The molecule has 0 bridgehead atoms. The number of nitrogens with one attached hydrogen (secondary N) is 2. The van der Waals surface area contributed by atoms with E-state index in [1.807, 2.05) is 0 Å². The summed E-state index contributed by atoms with van der Waals surface area (Å²) in [5.41, 5.74) is 5.88. The molecule has 32 heavy (non-hydrogen) atoms. The van der Waals surface area contributed by atoms with Gasteiger partial charge >= 0.3 is 6.18 Å². The van der Waals surface area contributed by atoms with Gasteiger partial charge in [0.2, 0.25) is 17.7 Å². The number of carbonyl (C=O) groups is 2. The minimum absolute atomic E-state index is 0.274. The number of nitrogens with zero attached hydrogens (tertiary/aromatic N) is 3. The molecule has 0 saturated heterocycles. The van der Waals surface area contributed by atoms with Crippen molar-refractivity contribution in [2.45, 2.75) is 12.7 Å². The lowest BCUT2D eigenvalue weighted by molar-refractivity contribution is -0.185. The number of carbonyl (C=O) groups excluding carboxylic acids is 2. The van der Waals surface area contributed by atoms with Gasteiger partial charge < -0.3 is 16.0 Å². The van der Waals surface area contributed by atoms with Crippen molar-refractivity contribution in [3.8, 4) is 5.82 Å². The maximum atomic E-state index is 12.9. The summed E-state index contributed by atoms with van der Waals surface area (Å²) in [5.74, 6) is -5.89. The van der Waals surface area contributed by atoms with Gasteiger partial charge in [0.15, 0.2) is 5.82 Å². The second-order valence-corrected chi connectivity index (χ2v) is 6.93. The second kappa shape index (κ2) is 7.80. The van der Waals surface area contributed by atoms with E-state index in [9.17, 15) is 27.6 Å². The Hall–Kier alpha value is -4.22. The molecule has 1 unspecified atom stereocenters. The lowest BCUT2D eigenvalue weighted by atomic mass is 10.1. The standard InChI is InChI=1S/C20H15F3N6O3/c21-20(22,23)15(16(24)31)19(32)26-8-10-1-3-13-11(7-10)2-4-14(30)29(13)18-12-5-6-25-17(12)27-9-28-18/h1-7,9,15H,8H2,(H2,24,31)(H,26,32)(H,25,27,28). The average Bonchev–Trinajstić information content (AvgIpc) is 3.20. The van der Waals surface area contributed by atoms with Crippen LogP contribution in [0.2, 0.25) is 0 Å². The Kier molecular flexibility index (Phi) is 5.12. The second-order valence-electron chi connectivity index (χ2n) is 6.93.